The number of carbonyl (C=O) groups excluding carboxylic acids is 1. The number of aromatic nitrogens is 2. The summed E-state index contributed by atoms with van der Waals surface area (Å²) in [6, 6.07) is 10.1. The van der Waals surface area contributed by atoms with E-state index in [0.717, 1.165) is 12.2 Å². The number of carbonyl (C=O) groups is 1. The second kappa shape index (κ2) is 6.45. The maximum absolute atomic E-state index is 12.6. The molecule has 4 rings (SSSR count). The van der Waals surface area contributed by atoms with Gasteiger partial charge in [0.05, 0.1) is 12.1 Å². The molecule has 1 saturated carbocycles. The Labute approximate surface area is 154 Å². The maximum Gasteiger partial charge on any atom is 0.271 e. The van der Waals surface area contributed by atoms with Crippen LogP contribution < -0.4 is 10.1 Å². The van der Waals surface area contributed by atoms with E-state index in [1.54, 1.807) is 0 Å². The molecule has 1 aromatic heterocycles. The van der Waals surface area contributed by atoms with Gasteiger partial charge in [0.15, 0.2) is 0 Å². The SMILES string of the molecule is CC(C)(C)n1nc(C(=O)NCC2COc3ccccc3C2)cc1C1CC1. The van der Waals surface area contributed by atoms with Crippen molar-refractivity contribution < 1.29 is 9.53 Å². The smallest absolute Gasteiger partial charge is 0.271 e. The Bertz CT molecular complexity index is 815. The van der Waals surface area contributed by atoms with Crippen LogP contribution >= 0.6 is 0 Å². The molecule has 1 aliphatic carbocycles. The second-order valence-corrected chi connectivity index (χ2v) is 8.51. The topological polar surface area (TPSA) is 56.2 Å². The number of hydrogen-bond acceptors (Lipinski definition) is 3. The van der Waals surface area contributed by atoms with Crippen LogP contribution in [0, 0.1) is 5.92 Å². The van der Waals surface area contributed by atoms with Crippen LogP contribution in [0.3, 0.4) is 0 Å². The van der Waals surface area contributed by atoms with E-state index in [-0.39, 0.29) is 11.4 Å². The fourth-order valence-corrected chi connectivity index (χ4v) is 3.56. The minimum absolute atomic E-state index is 0.0891. The fraction of sp³-hybridized carbons (Fsp3) is 0.524. The van der Waals surface area contributed by atoms with Crippen molar-refractivity contribution in [1.82, 2.24) is 15.1 Å². The summed E-state index contributed by atoms with van der Waals surface area (Å²) in [7, 11) is 0. The van der Waals surface area contributed by atoms with Crippen molar-refractivity contribution in [3.05, 3.63) is 47.3 Å². The van der Waals surface area contributed by atoms with E-state index in [1.165, 1.54) is 24.1 Å². The van der Waals surface area contributed by atoms with Crippen LogP contribution in [0.15, 0.2) is 30.3 Å². The van der Waals surface area contributed by atoms with Crippen LogP contribution in [0.4, 0.5) is 0 Å². The second-order valence-electron chi connectivity index (χ2n) is 8.51. The largest absolute Gasteiger partial charge is 0.493 e. The molecule has 1 atom stereocenters. The van der Waals surface area contributed by atoms with E-state index in [2.05, 4.69) is 37.3 Å². The van der Waals surface area contributed by atoms with Gasteiger partial charge in [-0.05, 0) is 57.7 Å². The van der Waals surface area contributed by atoms with Gasteiger partial charge < -0.3 is 10.1 Å². The molecule has 0 bridgehead atoms. The Balaban J connectivity index is 1.41. The summed E-state index contributed by atoms with van der Waals surface area (Å²) in [5, 5.41) is 7.67. The lowest BCUT2D eigenvalue weighted by atomic mass is 9.97. The van der Waals surface area contributed by atoms with Gasteiger partial charge in [-0.15, -0.1) is 0 Å². The highest BCUT2D eigenvalue weighted by molar-refractivity contribution is 5.92. The number of para-hydroxylation sites is 1. The Morgan fingerprint density at radius 3 is 2.81 bits per heavy atom. The molecule has 138 valence electrons. The number of fused-ring (bicyclic) bond motifs is 1. The Morgan fingerprint density at radius 2 is 2.08 bits per heavy atom. The molecule has 0 spiro atoms. The van der Waals surface area contributed by atoms with E-state index in [1.807, 2.05) is 28.9 Å². The van der Waals surface area contributed by atoms with Gasteiger partial charge >= 0.3 is 0 Å². The quantitative estimate of drug-likeness (QED) is 0.915. The molecule has 1 aliphatic heterocycles. The summed E-state index contributed by atoms with van der Waals surface area (Å²) < 4.78 is 7.84. The normalized spacial score (nSPS) is 19.6. The lowest BCUT2D eigenvalue weighted by molar-refractivity contribution is 0.0932. The third kappa shape index (κ3) is 3.48. The van der Waals surface area contributed by atoms with E-state index in [9.17, 15) is 4.79 Å². The van der Waals surface area contributed by atoms with Crippen LogP contribution in [0.25, 0.3) is 0 Å². The third-order valence-corrected chi connectivity index (χ3v) is 5.11. The van der Waals surface area contributed by atoms with Gasteiger partial charge in [0.2, 0.25) is 0 Å². The van der Waals surface area contributed by atoms with Gasteiger partial charge in [-0.1, -0.05) is 18.2 Å². The molecule has 1 fully saturated rings. The Kier molecular flexibility index (Phi) is 4.25. The van der Waals surface area contributed by atoms with Gasteiger partial charge in [-0.3, -0.25) is 9.48 Å². The number of hydrogen-bond donors (Lipinski definition) is 1. The highest BCUT2D eigenvalue weighted by Gasteiger charge is 2.32. The molecule has 0 saturated heterocycles. The van der Waals surface area contributed by atoms with Crippen molar-refractivity contribution in [3.63, 3.8) is 0 Å². The van der Waals surface area contributed by atoms with Crippen molar-refractivity contribution in [3.8, 4) is 5.75 Å². The van der Waals surface area contributed by atoms with Crippen molar-refractivity contribution in [2.75, 3.05) is 13.2 Å². The van der Waals surface area contributed by atoms with Gasteiger partial charge in [0.25, 0.3) is 5.91 Å². The minimum Gasteiger partial charge on any atom is -0.493 e. The van der Waals surface area contributed by atoms with Crippen LogP contribution in [0.1, 0.15) is 61.3 Å². The van der Waals surface area contributed by atoms with E-state index < -0.39 is 0 Å². The predicted octanol–water partition coefficient (Wildman–Crippen LogP) is 3.50. The standard InChI is InChI=1S/C21H27N3O2/c1-21(2,3)24-18(15-8-9-15)11-17(23-24)20(25)22-12-14-10-16-6-4-5-7-19(16)26-13-14/h4-7,11,14-15H,8-10,12-13H2,1-3H3,(H,22,25). The van der Waals surface area contributed by atoms with Gasteiger partial charge in [-0.2, -0.15) is 5.10 Å². The Hall–Kier alpha value is -2.30. The molecule has 1 amide bonds. The number of benzene rings is 1. The molecule has 1 N–H and O–H groups in total. The first-order valence-corrected chi connectivity index (χ1v) is 9.51. The lowest BCUT2D eigenvalue weighted by Gasteiger charge is -2.25. The third-order valence-electron chi connectivity index (χ3n) is 5.11. The summed E-state index contributed by atoms with van der Waals surface area (Å²) in [6.45, 7) is 7.63. The predicted molar refractivity (Wildman–Crippen MR) is 101 cm³/mol. The number of nitrogens with one attached hydrogen (secondary N) is 1. The maximum atomic E-state index is 12.6. The highest BCUT2D eigenvalue weighted by Crippen LogP contribution is 2.41. The van der Waals surface area contributed by atoms with Gasteiger partial charge in [-0.25, -0.2) is 0 Å². The molecular formula is C21H27N3O2. The van der Waals surface area contributed by atoms with Crippen molar-refractivity contribution in [2.45, 2.75) is 51.5 Å². The number of ether oxygens (including phenoxy) is 1. The zero-order valence-corrected chi connectivity index (χ0v) is 15.8. The monoisotopic (exact) mass is 353 g/mol. The number of rotatable bonds is 4. The average Bonchev–Trinajstić information content (AvgIpc) is 3.36. The minimum atomic E-state index is -0.114. The zero-order chi connectivity index (χ0) is 18.3. The molecule has 2 aromatic rings. The average molecular weight is 353 g/mol. The van der Waals surface area contributed by atoms with Crippen molar-refractivity contribution >= 4 is 5.91 Å². The van der Waals surface area contributed by atoms with Crippen molar-refractivity contribution in [2.24, 2.45) is 5.92 Å². The van der Waals surface area contributed by atoms with Gasteiger partial charge in [0.1, 0.15) is 11.4 Å². The van der Waals surface area contributed by atoms with Crippen molar-refractivity contribution in [1.29, 1.82) is 0 Å². The molecule has 1 aromatic carbocycles. The van der Waals surface area contributed by atoms with E-state index in [0.29, 0.717) is 30.7 Å². The molecule has 2 aliphatic rings. The molecule has 5 heteroatoms. The van der Waals surface area contributed by atoms with Crippen LogP contribution in [-0.4, -0.2) is 28.8 Å². The summed E-state index contributed by atoms with van der Waals surface area (Å²) in [4.78, 5) is 12.6. The molecule has 1 unspecified atom stereocenters. The van der Waals surface area contributed by atoms with E-state index in [4.69, 9.17) is 4.74 Å². The Morgan fingerprint density at radius 1 is 1.31 bits per heavy atom. The summed E-state index contributed by atoms with van der Waals surface area (Å²) in [6.07, 6.45) is 3.32. The van der Waals surface area contributed by atoms with Crippen LogP contribution in [0.2, 0.25) is 0 Å². The van der Waals surface area contributed by atoms with E-state index >= 15 is 0 Å². The first kappa shape index (κ1) is 17.1. The number of nitrogens with zero attached hydrogens (tertiary/aromatic N) is 2. The zero-order valence-electron chi connectivity index (χ0n) is 15.8. The molecule has 2 heterocycles. The van der Waals surface area contributed by atoms with Gasteiger partial charge in [0, 0.05) is 24.1 Å². The molecule has 26 heavy (non-hydrogen) atoms. The van der Waals surface area contributed by atoms with Crippen LogP contribution in [-0.2, 0) is 12.0 Å². The first-order valence-electron chi connectivity index (χ1n) is 9.51. The highest BCUT2D eigenvalue weighted by atomic mass is 16.5. The molecule has 0 radical (unpaired) electrons. The summed E-state index contributed by atoms with van der Waals surface area (Å²) >= 11 is 0. The molecular weight excluding hydrogens is 326 g/mol. The fourth-order valence-electron chi connectivity index (χ4n) is 3.56. The summed E-state index contributed by atoms with van der Waals surface area (Å²) in [5.74, 6) is 1.73. The first-order chi connectivity index (χ1) is 12.4. The number of amides is 1. The van der Waals surface area contributed by atoms with Crippen LogP contribution in [0.5, 0.6) is 5.75 Å². The summed E-state index contributed by atoms with van der Waals surface area (Å²) in [5.41, 5.74) is 2.82. The molecule has 5 nitrogen and oxygen atoms in total. The lowest BCUT2D eigenvalue weighted by Crippen LogP contribution is -2.35.